The Balaban J connectivity index is 2.39. The maximum atomic E-state index is 13.3. The van der Waals surface area contributed by atoms with Gasteiger partial charge < -0.3 is 10.6 Å². The molecule has 2 atom stereocenters. The molecule has 72 valence electrons. The molecule has 0 radical (unpaired) electrons. The van der Waals surface area contributed by atoms with Crippen molar-refractivity contribution < 1.29 is 4.39 Å². The third kappa shape index (κ3) is 3.07. The van der Waals surface area contributed by atoms with Gasteiger partial charge in [0.25, 0.3) is 0 Å². The Labute approximate surface area is 73.9 Å². The zero-order chi connectivity index (χ0) is 9.19. The summed E-state index contributed by atoms with van der Waals surface area (Å²) in [6.45, 7) is 7.63. The lowest BCUT2D eigenvalue weighted by Gasteiger charge is -2.33. The van der Waals surface area contributed by atoms with Gasteiger partial charge in [0.2, 0.25) is 0 Å². The quantitative estimate of drug-likeness (QED) is 0.621. The van der Waals surface area contributed by atoms with E-state index in [0.29, 0.717) is 6.54 Å². The Kier molecular flexibility index (Phi) is 3.07. The van der Waals surface area contributed by atoms with Crippen LogP contribution in [-0.2, 0) is 0 Å². The van der Waals surface area contributed by atoms with Crippen molar-refractivity contribution in [2.45, 2.75) is 44.9 Å². The van der Waals surface area contributed by atoms with Crippen LogP contribution in [0.3, 0.4) is 0 Å². The number of rotatable bonds is 1. The van der Waals surface area contributed by atoms with E-state index in [4.69, 9.17) is 0 Å². The molecular weight excluding hydrogens is 155 g/mol. The molecule has 0 bridgehead atoms. The summed E-state index contributed by atoms with van der Waals surface area (Å²) in [5.41, 5.74) is 0.0202. The minimum absolute atomic E-state index is 0.0202. The number of nitrogens with one attached hydrogen (secondary N) is 2. The van der Waals surface area contributed by atoms with Crippen LogP contribution in [0.25, 0.3) is 0 Å². The number of piperidine rings is 1. The molecule has 0 saturated carbocycles. The number of alkyl halides is 1. The van der Waals surface area contributed by atoms with Crippen molar-refractivity contribution in [3.05, 3.63) is 0 Å². The fourth-order valence-electron chi connectivity index (χ4n) is 1.54. The first-order valence-electron chi connectivity index (χ1n) is 4.61. The minimum atomic E-state index is -0.738. The summed E-state index contributed by atoms with van der Waals surface area (Å²) >= 11 is 0. The largest absolute Gasteiger partial charge is 0.314 e. The molecule has 0 aromatic carbocycles. The standard InChI is InChI=1S/C9H19FN2/c1-9(2,3)12-8-4-5-11-6-7(8)10/h7-8,11-12H,4-6H2,1-3H3. The molecule has 0 spiro atoms. The molecule has 0 amide bonds. The van der Waals surface area contributed by atoms with Crippen LogP contribution in [0.4, 0.5) is 4.39 Å². The van der Waals surface area contributed by atoms with E-state index >= 15 is 0 Å². The molecule has 2 N–H and O–H groups in total. The van der Waals surface area contributed by atoms with Crippen LogP contribution < -0.4 is 10.6 Å². The van der Waals surface area contributed by atoms with Gasteiger partial charge >= 0.3 is 0 Å². The SMILES string of the molecule is CC(C)(C)NC1CCNCC1F. The smallest absolute Gasteiger partial charge is 0.128 e. The highest BCUT2D eigenvalue weighted by molar-refractivity contribution is 4.87. The lowest BCUT2D eigenvalue weighted by molar-refractivity contribution is 0.176. The highest BCUT2D eigenvalue weighted by Gasteiger charge is 2.27. The molecule has 1 aliphatic heterocycles. The van der Waals surface area contributed by atoms with E-state index in [1.807, 2.05) is 0 Å². The van der Waals surface area contributed by atoms with Crippen molar-refractivity contribution in [2.75, 3.05) is 13.1 Å². The molecule has 0 aromatic heterocycles. The summed E-state index contributed by atoms with van der Waals surface area (Å²) in [6.07, 6.45) is 0.149. The van der Waals surface area contributed by atoms with E-state index in [0.717, 1.165) is 13.0 Å². The van der Waals surface area contributed by atoms with E-state index in [1.165, 1.54) is 0 Å². The van der Waals surface area contributed by atoms with E-state index in [-0.39, 0.29) is 11.6 Å². The van der Waals surface area contributed by atoms with Crippen molar-refractivity contribution in [3.8, 4) is 0 Å². The van der Waals surface area contributed by atoms with E-state index in [2.05, 4.69) is 31.4 Å². The number of halogens is 1. The van der Waals surface area contributed by atoms with Crippen molar-refractivity contribution in [1.29, 1.82) is 0 Å². The van der Waals surface area contributed by atoms with Gasteiger partial charge in [-0.1, -0.05) is 0 Å². The van der Waals surface area contributed by atoms with Gasteiger partial charge in [-0.25, -0.2) is 4.39 Å². The molecule has 1 heterocycles. The Morgan fingerprint density at radius 3 is 2.58 bits per heavy atom. The second-order valence-corrected chi connectivity index (χ2v) is 4.51. The van der Waals surface area contributed by atoms with Crippen LogP contribution in [-0.4, -0.2) is 30.8 Å². The Bertz CT molecular complexity index is 142. The molecule has 0 aliphatic carbocycles. The molecule has 12 heavy (non-hydrogen) atoms. The van der Waals surface area contributed by atoms with Crippen LogP contribution in [0, 0.1) is 0 Å². The monoisotopic (exact) mass is 174 g/mol. The van der Waals surface area contributed by atoms with Crippen LogP contribution in [0.15, 0.2) is 0 Å². The fourth-order valence-corrected chi connectivity index (χ4v) is 1.54. The average molecular weight is 174 g/mol. The van der Waals surface area contributed by atoms with Gasteiger partial charge in [-0.05, 0) is 33.7 Å². The molecule has 1 fully saturated rings. The van der Waals surface area contributed by atoms with Gasteiger partial charge in [0.1, 0.15) is 6.17 Å². The van der Waals surface area contributed by atoms with Crippen molar-refractivity contribution in [2.24, 2.45) is 0 Å². The molecule has 1 rings (SSSR count). The zero-order valence-corrected chi connectivity index (χ0v) is 8.15. The molecule has 1 aliphatic rings. The Morgan fingerprint density at radius 1 is 1.42 bits per heavy atom. The number of hydrogen-bond acceptors (Lipinski definition) is 2. The van der Waals surface area contributed by atoms with Crippen LogP contribution in [0.1, 0.15) is 27.2 Å². The Morgan fingerprint density at radius 2 is 2.08 bits per heavy atom. The molecule has 2 nitrogen and oxygen atoms in total. The van der Waals surface area contributed by atoms with Gasteiger partial charge in [0, 0.05) is 18.1 Å². The second kappa shape index (κ2) is 3.71. The van der Waals surface area contributed by atoms with Crippen molar-refractivity contribution in [3.63, 3.8) is 0 Å². The first-order chi connectivity index (χ1) is 5.49. The van der Waals surface area contributed by atoms with E-state index in [1.54, 1.807) is 0 Å². The molecule has 2 unspecified atom stereocenters. The van der Waals surface area contributed by atoms with E-state index < -0.39 is 6.17 Å². The van der Waals surface area contributed by atoms with Crippen LogP contribution in [0.5, 0.6) is 0 Å². The van der Waals surface area contributed by atoms with Crippen molar-refractivity contribution in [1.82, 2.24) is 10.6 Å². The van der Waals surface area contributed by atoms with Gasteiger partial charge in [-0.3, -0.25) is 0 Å². The predicted molar refractivity (Wildman–Crippen MR) is 49.1 cm³/mol. The first-order valence-corrected chi connectivity index (χ1v) is 4.61. The summed E-state index contributed by atoms with van der Waals surface area (Å²) in [5.74, 6) is 0. The van der Waals surface area contributed by atoms with Crippen LogP contribution in [0.2, 0.25) is 0 Å². The van der Waals surface area contributed by atoms with Crippen LogP contribution >= 0.6 is 0 Å². The van der Waals surface area contributed by atoms with Gasteiger partial charge in [-0.15, -0.1) is 0 Å². The highest BCUT2D eigenvalue weighted by Crippen LogP contribution is 2.11. The third-order valence-corrected chi connectivity index (χ3v) is 2.03. The fraction of sp³-hybridized carbons (Fsp3) is 1.00. The summed E-state index contributed by atoms with van der Waals surface area (Å²) < 4.78 is 13.3. The Hall–Kier alpha value is -0.150. The average Bonchev–Trinajstić information content (AvgIpc) is 1.91. The first kappa shape index (κ1) is 9.93. The van der Waals surface area contributed by atoms with Gasteiger partial charge in [0.05, 0.1) is 0 Å². The van der Waals surface area contributed by atoms with Gasteiger partial charge in [0.15, 0.2) is 0 Å². The molecule has 3 heteroatoms. The summed E-state index contributed by atoms with van der Waals surface area (Å²) in [6, 6.07) is 0.0336. The summed E-state index contributed by atoms with van der Waals surface area (Å²) in [5, 5.41) is 6.33. The maximum absolute atomic E-state index is 13.3. The van der Waals surface area contributed by atoms with E-state index in [9.17, 15) is 4.39 Å². The lowest BCUT2D eigenvalue weighted by atomic mass is 10.00. The summed E-state index contributed by atoms with van der Waals surface area (Å²) in [7, 11) is 0. The molecule has 1 saturated heterocycles. The molecular formula is C9H19FN2. The zero-order valence-electron chi connectivity index (χ0n) is 8.15. The summed E-state index contributed by atoms with van der Waals surface area (Å²) in [4.78, 5) is 0. The maximum Gasteiger partial charge on any atom is 0.128 e. The van der Waals surface area contributed by atoms with Gasteiger partial charge in [-0.2, -0.15) is 0 Å². The number of hydrogen-bond donors (Lipinski definition) is 2. The van der Waals surface area contributed by atoms with Crippen molar-refractivity contribution >= 4 is 0 Å². The topological polar surface area (TPSA) is 24.1 Å². The highest BCUT2D eigenvalue weighted by atomic mass is 19.1. The minimum Gasteiger partial charge on any atom is -0.314 e. The predicted octanol–water partition coefficient (Wildman–Crippen LogP) is 1.07. The molecule has 0 aromatic rings. The second-order valence-electron chi connectivity index (χ2n) is 4.51. The third-order valence-electron chi connectivity index (χ3n) is 2.03. The lowest BCUT2D eigenvalue weighted by Crippen LogP contribution is -2.54. The normalized spacial score (nSPS) is 32.0.